The molecule has 0 bridgehead atoms. The average Bonchev–Trinajstić information content (AvgIpc) is 4.15. The predicted octanol–water partition coefficient (Wildman–Crippen LogP) is 19.5. The molecule has 0 spiro atoms. The molecule has 0 saturated heterocycles. The number of rotatable bonds is 6. The van der Waals surface area contributed by atoms with Gasteiger partial charge in [0.1, 0.15) is 11.2 Å². The number of fused-ring (bicyclic) bond motifs is 14. The lowest BCUT2D eigenvalue weighted by molar-refractivity contribution is 0.668. The van der Waals surface area contributed by atoms with E-state index in [4.69, 9.17) is 8.83 Å². The third-order valence-corrected chi connectivity index (χ3v) is 16.0. The number of nitrogens with zero attached hydrogens (tertiary/aromatic N) is 2. The Labute approximate surface area is 397 Å². The molecule has 0 aliphatic rings. The molecule has 318 valence electrons. The molecule has 0 radical (unpaired) electrons. The van der Waals surface area contributed by atoms with Crippen LogP contribution < -0.4 is 9.80 Å². The van der Waals surface area contributed by atoms with Crippen LogP contribution in [-0.2, 0) is 0 Å². The van der Waals surface area contributed by atoms with Crippen LogP contribution >= 0.6 is 22.7 Å². The minimum atomic E-state index is 0.880. The van der Waals surface area contributed by atoms with Crippen molar-refractivity contribution in [3.05, 3.63) is 218 Å². The highest BCUT2D eigenvalue weighted by molar-refractivity contribution is 7.28. The lowest BCUT2D eigenvalue weighted by Gasteiger charge is -2.25. The zero-order chi connectivity index (χ0) is 44.5. The van der Waals surface area contributed by atoms with Crippen LogP contribution in [0.2, 0.25) is 0 Å². The maximum atomic E-state index is 6.58. The Morgan fingerprint density at radius 1 is 0.265 bits per heavy atom. The molecule has 0 fully saturated rings. The first-order valence-corrected chi connectivity index (χ1v) is 24.5. The molecule has 0 amide bonds. The van der Waals surface area contributed by atoms with Gasteiger partial charge in [0.25, 0.3) is 0 Å². The summed E-state index contributed by atoms with van der Waals surface area (Å²) in [5.74, 6) is 0. The zero-order valence-electron chi connectivity index (χ0n) is 36.3. The SMILES string of the molecule is c1ccc(N(c2ccc3cc4c(cc3c2)sc2cc3sc5cc6cc(N(c7ccccc7)c7cccc8c7oc7ccccc78)ccc6cc5c3cc24)c2cccc3c2oc2ccccc23)cc1. The minimum absolute atomic E-state index is 0.880. The maximum Gasteiger partial charge on any atom is 0.159 e. The number of anilines is 6. The summed E-state index contributed by atoms with van der Waals surface area (Å²) in [4.78, 5) is 4.65. The van der Waals surface area contributed by atoms with Crippen molar-refractivity contribution in [2.75, 3.05) is 9.80 Å². The molecule has 4 aromatic heterocycles. The van der Waals surface area contributed by atoms with Crippen molar-refractivity contribution in [1.29, 1.82) is 0 Å². The lowest BCUT2D eigenvalue weighted by atomic mass is 10.0. The standard InChI is InChI=1S/C62H36N2O2S2/c1-3-13-41(14-4-1)63(53-21-11-19-47-45-17-7-9-23-55(45)65-61(47)53)43-27-25-37-31-49-51-35-52-50-32-38-26-28-44(30-40(38)34-58(50)68-60(52)36-59(51)67-57(49)33-39(37)29-43)64(42-15-5-2-6-16-42)54-22-12-20-48-46-18-8-10-24-56(46)66-62(48)54/h1-36H. The van der Waals surface area contributed by atoms with E-state index in [-0.39, 0.29) is 0 Å². The smallest absolute Gasteiger partial charge is 0.159 e. The fourth-order valence-corrected chi connectivity index (χ4v) is 13.0. The number of hydrogen-bond acceptors (Lipinski definition) is 6. The highest BCUT2D eigenvalue weighted by Crippen LogP contribution is 2.48. The van der Waals surface area contributed by atoms with Gasteiger partial charge in [-0.2, -0.15) is 0 Å². The third-order valence-electron chi connectivity index (χ3n) is 13.7. The van der Waals surface area contributed by atoms with Gasteiger partial charge in [-0.1, -0.05) is 109 Å². The second-order valence-corrected chi connectivity index (χ2v) is 19.8. The molecule has 4 heterocycles. The summed E-state index contributed by atoms with van der Waals surface area (Å²) >= 11 is 3.77. The Kier molecular flexibility index (Phi) is 8.07. The summed E-state index contributed by atoms with van der Waals surface area (Å²) in [6.07, 6.45) is 0. The van der Waals surface area contributed by atoms with E-state index in [1.807, 2.05) is 46.9 Å². The molecule has 68 heavy (non-hydrogen) atoms. The minimum Gasteiger partial charge on any atom is -0.454 e. The normalized spacial score (nSPS) is 12.1. The van der Waals surface area contributed by atoms with E-state index in [1.54, 1.807) is 0 Å². The van der Waals surface area contributed by atoms with Crippen LogP contribution in [0.25, 0.3) is 106 Å². The Balaban J connectivity index is 0.836. The maximum absolute atomic E-state index is 6.58. The molecule has 0 aliphatic heterocycles. The molecule has 15 aromatic rings. The molecule has 4 nitrogen and oxygen atoms in total. The van der Waals surface area contributed by atoms with Gasteiger partial charge >= 0.3 is 0 Å². The molecular formula is C62H36N2O2S2. The van der Waals surface area contributed by atoms with E-state index >= 15 is 0 Å². The lowest BCUT2D eigenvalue weighted by Crippen LogP contribution is -2.10. The predicted molar refractivity (Wildman–Crippen MR) is 291 cm³/mol. The first-order chi connectivity index (χ1) is 33.7. The van der Waals surface area contributed by atoms with E-state index in [1.165, 1.54) is 61.9 Å². The number of thiophene rings is 2. The van der Waals surface area contributed by atoms with Crippen LogP contribution in [0.5, 0.6) is 0 Å². The quantitative estimate of drug-likeness (QED) is 0.166. The fraction of sp³-hybridized carbons (Fsp3) is 0. The number of benzene rings is 11. The Bertz CT molecular complexity index is 4240. The van der Waals surface area contributed by atoms with Crippen LogP contribution in [0.1, 0.15) is 0 Å². The van der Waals surface area contributed by atoms with Crippen molar-refractivity contribution in [3.63, 3.8) is 0 Å². The van der Waals surface area contributed by atoms with Gasteiger partial charge in [-0.3, -0.25) is 0 Å². The number of para-hydroxylation sites is 6. The van der Waals surface area contributed by atoms with Crippen molar-refractivity contribution in [1.82, 2.24) is 0 Å². The molecule has 0 saturated carbocycles. The number of hydrogen-bond donors (Lipinski definition) is 0. The third kappa shape index (κ3) is 5.72. The van der Waals surface area contributed by atoms with Crippen molar-refractivity contribution in [2.45, 2.75) is 0 Å². The molecule has 15 rings (SSSR count). The van der Waals surface area contributed by atoms with Crippen molar-refractivity contribution in [2.24, 2.45) is 0 Å². The molecule has 0 unspecified atom stereocenters. The van der Waals surface area contributed by atoms with E-state index < -0.39 is 0 Å². The topological polar surface area (TPSA) is 32.8 Å². The van der Waals surface area contributed by atoms with Gasteiger partial charge < -0.3 is 18.6 Å². The summed E-state index contributed by atoms with van der Waals surface area (Å²) in [6, 6.07) is 78.8. The molecular weight excluding hydrogens is 869 g/mol. The highest BCUT2D eigenvalue weighted by Gasteiger charge is 2.22. The highest BCUT2D eigenvalue weighted by atomic mass is 32.1. The van der Waals surface area contributed by atoms with Gasteiger partial charge in [-0.05, 0) is 131 Å². The summed E-state index contributed by atoms with van der Waals surface area (Å²) in [6.45, 7) is 0. The summed E-state index contributed by atoms with van der Waals surface area (Å²) in [5, 5.41) is 14.5. The monoisotopic (exact) mass is 904 g/mol. The molecule has 0 atom stereocenters. The van der Waals surface area contributed by atoms with Crippen molar-refractivity contribution >= 4 is 163 Å². The number of furan rings is 2. The second kappa shape index (κ2) is 14.5. The summed E-state index contributed by atoms with van der Waals surface area (Å²) in [7, 11) is 0. The Hall–Kier alpha value is -8.42. The largest absolute Gasteiger partial charge is 0.454 e. The van der Waals surface area contributed by atoms with Crippen molar-refractivity contribution in [3.8, 4) is 0 Å². The Morgan fingerprint density at radius 3 is 1.16 bits per heavy atom. The van der Waals surface area contributed by atoms with E-state index in [2.05, 4.69) is 204 Å². The van der Waals surface area contributed by atoms with Crippen LogP contribution in [0.3, 0.4) is 0 Å². The molecule has 6 heteroatoms. The van der Waals surface area contributed by atoms with Crippen LogP contribution in [0.15, 0.2) is 227 Å². The van der Waals surface area contributed by atoms with E-state index in [0.29, 0.717) is 0 Å². The summed E-state index contributed by atoms with van der Waals surface area (Å²) < 4.78 is 18.4. The average molecular weight is 905 g/mol. The van der Waals surface area contributed by atoms with E-state index in [9.17, 15) is 0 Å². The Morgan fingerprint density at radius 2 is 0.676 bits per heavy atom. The van der Waals surface area contributed by atoms with Gasteiger partial charge in [0, 0.05) is 84.6 Å². The fourth-order valence-electron chi connectivity index (χ4n) is 10.6. The van der Waals surface area contributed by atoms with Crippen LogP contribution in [0.4, 0.5) is 34.1 Å². The van der Waals surface area contributed by atoms with Crippen molar-refractivity contribution < 1.29 is 8.83 Å². The molecule has 0 N–H and O–H groups in total. The summed E-state index contributed by atoms with van der Waals surface area (Å²) in [5.41, 5.74) is 9.89. The van der Waals surface area contributed by atoms with Crippen LogP contribution in [0, 0.1) is 0 Å². The molecule has 11 aromatic carbocycles. The zero-order valence-corrected chi connectivity index (χ0v) is 37.9. The van der Waals surface area contributed by atoms with Gasteiger partial charge in [0.15, 0.2) is 11.2 Å². The second-order valence-electron chi connectivity index (χ2n) is 17.7. The van der Waals surface area contributed by atoms with Gasteiger partial charge in [-0.15, -0.1) is 22.7 Å². The van der Waals surface area contributed by atoms with Gasteiger partial charge in [0.05, 0.1) is 11.4 Å². The molecule has 0 aliphatic carbocycles. The van der Waals surface area contributed by atoms with Gasteiger partial charge in [0.2, 0.25) is 0 Å². The van der Waals surface area contributed by atoms with Crippen LogP contribution in [-0.4, -0.2) is 0 Å². The van der Waals surface area contributed by atoms with E-state index in [0.717, 1.165) is 78.0 Å². The first kappa shape index (κ1) is 37.8. The van der Waals surface area contributed by atoms with Gasteiger partial charge in [-0.25, -0.2) is 0 Å². The first-order valence-electron chi connectivity index (χ1n) is 22.9.